The summed E-state index contributed by atoms with van der Waals surface area (Å²) in [6, 6.07) is 0. The lowest BCUT2D eigenvalue weighted by Gasteiger charge is -2.41. The minimum absolute atomic E-state index is 0.191. The van der Waals surface area contributed by atoms with Crippen molar-refractivity contribution < 1.29 is 9.22 Å². The summed E-state index contributed by atoms with van der Waals surface area (Å²) in [7, 11) is -1.84. The van der Waals surface area contributed by atoms with E-state index in [9.17, 15) is 4.79 Å². The van der Waals surface area contributed by atoms with E-state index in [0.29, 0.717) is 12.2 Å². The number of carbonyl (C=O) groups excluding carboxylic acids is 1. The Kier molecular flexibility index (Phi) is 5.76. The van der Waals surface area contributed by atoms with E-state index < -0.39 is 8.32 Å². The smallest absolute Gasteiger partial charge is 0.250 e. The maximum atomic E-state index is 12.5. The topological polar surface area (TPSA) is 26.3 Å². The lowest BCUT2D eigenvalue weighted by Crippen LogP contribution is -2.42. The molecule has 3 heteroatoms. The quantitative estimate of drug-likeness (QED) is 0.585. The molecule has 1 unspecified atom stereocenters. The van der Waals surface area contributed by atoms with Gasteiger partial charge in [0.25, 0.3) is 0 Å². The van der Waals surface area contributed by atoms with Gasteiger partial charge in [0.15, 0.2) is 0 Å². The third-order valence-electron chi connectivity index (χ3n) is 5.34. The normalized spacial score (nSPS) is 21.0. The van der Waals surface area contributed by atoms with Crippen LogP contribution in [0.1, 0.15) is 74.1 Å². The molecule has 0 fully saturated rings. The zero-order valence-electron chi connectivity index (χ0n) is 16.2. The van der Waals surface area contributed by atoms with Crippen LogP contribution in [0.15, 0.2) is 11.3 Å². The van der Waals surface area contributed by atoms with Crippen molar-refractivity contribution in [3.63, 3.8) is 0 Å². The molecule has 0 radical (unpaired) electrons. The highest BCUT2D eigenvalue weighted by Crippen LogP contribution is 2.43. The van der Waals surface area contributed by atoms with Crippen molar-refractivity contribution in [3.05, 3.63) is 11.3 Å². The van der Waals surface area contributed by atoms with Crippen molar-refractivity contribution in [3.8, 4) is 0 Å². The van der Waals surface area contributed by atoms with Gasteiger partial charge in [-0.15, -0.1) is 0 Å². The van der Waals surface area contributed by atoms with E-state index in [1.54, 1.807) is 0 Å². The van der Waals surface area contributed by atoms with Crippen molar-refractivity contribution >= 4 is 14.1 Å². The van der Waals surface area contributed by atoms with Crippen molar-refractivity contribution in [2.75, 3.05) is 0 Å². The number of Topliss-reactive ketones (excluding diaryl/α,β-unsaturated/α-hetero) is 1. The first kappa shape index (κ1) is 19.5. The Labute approximate surface area is 138 Å². The summed E-state index contributed by atoms with van der Waals surface area (Å²) in [5.41, 5.74) is 1.11. The van der Waals surface area contributed by atoms with Gasteiger partial charge in [0.2, 0.25) is 8.32 Å². The number of hydrogen-bond acceptors (Lipinski definition) is 2. The highest BCUT2D eigenvalue weighted by atomic mass is 28.4. The van der Waals surface area contributed by atoms with Crippen LogP contribution in [0.4, 0.5) is 0 Å². The standard InChI is InChI=1S/C19H36O2Si/c1-14-11-10-12-15(13-16(20)18(2,3)4)17(14)21-22(8,9)19(5,6)7/h15H,10-13H2,1-9H3. The van der Waals surface area contributed by atoms with Crippen molar-refractivity contribution in [1.29, 1.82) is 0 Å². The van der Waals surface area contributed by atoms with Gasteiger partial charge in [-0.05, 0) is 49.9 Å². The number of carbonyl (C=O) groups is 1. The second-order valence-electron chi connectivity index (χ2n) is 9.47. The summed E-state index contributed by atoms with van der Waals surface area (Å²) >= 11 is 0. The molecule has 0 N–H and O–H groups in total. The Morgan fingerprint density at radius 2 is 1.73 bits per heavy atom. The second-order valence-corrected chi connectivity index (χ2v) is 14.2. The number of allylic oxidation sites excluding steroid dienone is 2. The Morgan fingerprint density at radius 3 is 2.18 bits per heavy atom. The van der Waals surface area contributed by atoms with E-state index in [2.05, 4.69) is 40.8 Å². The molecule has 1 aliphatic carbocycles. The zero-order chi connectivity index (χ0) is 17.3. The molecule has 0 aromatic carbocycles. The molecule has 0 bridgehead atoms. The van der Waals surface area contributed by atoms with E-state index in [4.69, 9.17) is 4.43 Å². The molecule has 1 atom stereocenters. The van der Waals surface area contributed by atoms with Crippen LogP contribution >= 0.6 is 0 Å². The van der Waals surface area contributed by atoms with Gasteiger partial charge in [0, 0.05) is 17.8 Å². The van der Waals surface area contributed by atoms with Crippen molar-refractivity contribution in [1.82, 2.24) is 0 Å². The molecule has 0 aromatic heterocycles. The number of hydrogen-bond donors (Lipinski definition) is 0. The van der Waals surface area contributed by atoms with Crippen molar-refractivity contribution in [2.45, 2.75) is 92.3 Å². The maximum Gasteiger partial charge on any atom is 0.250 e. The predicted molar refractivity (Wildman–Crippen MR) is 97.4 cm³/mol. The molecule has 1 rings (SSSR count). The number of rotatable bonds is 4. The van der Waals surface area contributed by atoms with Crippen LogP contribution in [0.2, 0.25) is 18.1 Å². The molecule has 0 aromatic rings. The molecule has 1 aliphatic rings. The fourth-order valence-corrected chi connectivity index (χ4v) is 3.74. The summed E-state index contributed by atoms with van der Waals surface area (Å²) in [5, 5.41) is 0.191. The average molecular weight is 325 g/mol. The molecular formula is C19H36O2Si. The summed E-state index contributed by atoms with van der Waals surface area (Å²) in [5.74, 6) is 1.79. The Bertz CT molecular complexity index is 447. The molecule has 0 saturated heterocycles. The second kappa shape index (κ2) is 6.50. The van der Waals surface area contributed by atoms with Crippen LogP contribution in [-0.2, 0) is 9.22 Å². The van der Waals surface area contributed by atoms with Crippen LogP contribution in [0.25, 0.3) is 0 Å². The lowest BCUT2D eigenvalue weighted by molar-refractivity contribution is -0.127. The van der Waals surface area contributed by atoms with Crippen LogP contribution in [0, 0.1) is 11.3 Å². The van der Waals surface area contributed by atoms with E-state index in [0.717, 1.165) is 18.6 Å². The van der Waals surface area contributed by atoms with Gasteiger partial charge < -0.3 is 4.43 Å². The SMILES string of the molecule is CC1=C(O[Si](C)(C)C(C)(C)C)C(CC(=O)C(C)(C)C)CCC1. The highest BCUT2D eigenvalue weighted by Gasteiger charge is 2.41. The third kappa shape index (κ3) is 4.71. The molecule has 0 heterocycles. The molecule has 0 spiro atoms. The molecule has 2 nitrogen and oxygen atoms in total. The van der Waals surface area contributed by atoms with Crippen molar-refractivity contribution in [2.24, 2.45) is 11.3 Å². The molecule has 0 aliphatic heterocycles. The average Bonchev–Trinajstić information content (AvgIpc) is 2.30. The summed E-state index contributed by atoms with van der Waals surface area (Å²) in [6.07, 6.45) is 4.01. The molecule has 22 heavy (non-hydrogen) atoms. The van der Waals surface area contributed by atoms with Gasteiger partial charge >= 0.3 is 0 Å². The molecule has 0 amide bonds. The minimum Gasteiger partial charge on any atom is -0.546 e. The first-order valence-electron chi connectivity index (χ1n) is 8.67. The first-order chi connectivity index (χ1) is 9.75. The largest absolute Gasteiger partial charge is 0.546 e. The Morgan fingerprint density at radius 1 is 1.18 bits per heavy atom. The van der Waals surface area contributed by atoms with Gasteiger partial charge in [-0.3, -0.25) is 4.79 Å². The highest BCUT2D eigenvalue weighted by molar-refractivity contribution is 6.74. The summed E-state index contributed by atoms with van der Waals surface area (Å²) in [4.78, 5) is 12.5. The zero-order valence-corrected chi connectivity index (χ0v) is 17.2. The monoisotopic (exact) mass is 324 g/mol. The van der Waals surface area contributed by atoms with Crippen LogP contribution in [-0.4, -0.2) is 14.1 Å². The van der Waals surface area contributed by atoms with Crippen LogP contribution in [0.3, 0.4) is 0 Å². The maximum absolute atomic E-state index is 12.5. The van der Waals surface area contributed by atoms with Crippen LogP contribution in [0.5, 0.6) is 0 Å². The van der Waals surface area contributed by atoms with E-state index in [1.165, 1.54) is 12.0 Å². The fraction of sp³-hybridized carbons (Fsp3) is 0.842. The van der Waals surface area contributed by atoms with E-state index in [1.807, 2.05) is 20.8 Å². The minimum atomic E-state index is -1.84. The Balaban J connectivity index is 2.99. The van der Waals surface area contributed by atoms with Gasteiger partial charge in [-0.1, -0.05) is 41.5 Å². The third-order valence-corrected chi connectivity index (χ3v) is 9.68. The van der Waals surface area contributed by atoms with Gasteiger partial charge in [-0.2, -0.15) is 0 Å². The van der Waals surface area contributed by atoms with Gasteiger partial charge in [-0.25, -0.2) is 0 Å². The molecule has 128 valence electrons. The number of ketones is 1. The molecule has 0 saturated carbocycles. The van der Waals surface area contributed by atoms with Crippen LogP contribution < -0.4 is 0 Å². The Hall–Kier alpha value is -0.573. The summed E-state index contributed by atoms with van der Waals surface area (Å²) < 4.78 is 6.65. The molecular weight excluding hydrogens is 288 g/mol. The van der Waals surface area contributed by atoms with Gasteiger partial charge in [0.05, 0.1) is 5.76 Å². The van der Waals surface area contributed by atoms with E-state index in [-0.39, 0.29) is 16.4 Å². The summed E-state index contributed by atoms with van der Waals surface area (Å²) in [6.45, 7) is 19.6. The fourth-order valence-electron chi connectivity index (χ4n) is 2.54. The van der Waals surface area contributed by atoms with Gasteiger partial charge in [0.1, 0.15) is 5.78 Å². The lowest BCUT2D eigenvalue weighted by atomic mass is 9.80. The first-order valence-corrected chi connectivity index (χ1v) is 11.6. The predicted octanol–water partition coefficient (Wildman–Crippen LogP) is 6.09. The van der Waals surface area contributed by atoms with E-state index >= 15 is 0 Å².